The Morgan fingerprint density at radius 1 is 1.15 bits per heavy atom. The summed E-state index contributed by atoms with van der Waals surface area (Å²) in [4.78, 5) is 0. The molecule has 0 aliphatic rings. The van der Waals surface area contributed by atoms with Crippen molar-refractivity contribution in [3.63, 3.8) is 0 Å². The minimum atomic E-state index is -0.320. The lowest BCUT2D eigenvalue weighted by Crippen LogP contribution is -2.34. The molecule has 1 N–H and O–H groups in total. The molecule has 0 heterocycles. The van der Waals surface area contributed by atoms with Gasteiger partial charge in [0.2, 0.25) is 0 Å². The molecule has 0 saturated heterocycles. The molecule has 13 heavy (non-hydrogen) atoms. The van der Waals surface area contributed by atoms with Gasteiger partial charge in [0.25, 0.3) is 0 Å². The summed E-state index contributed by atoms with van der Waals surface area (Å²) < 4.78 is 10.3. The maximum atomic E-state index is 9.78. The van der Waals surface area contributed by atoms with Gasteiger partial charge >= 0.3 is 0 Å². The highest BCUT2D eigenvalue weighted by atomic mass is 16.7. The van der Waals surface area contributed by atoms with Crippen molar-refractivity contribution in [1.29, 1.82) is 0 Å². The Labute approximate surface area is 81.0 Å². The number of aliphatic hydroxyl groups excluding tert-OH is 1. The Hall–Kier alpha value is -0.120. The van der Waals surface area contributed by atoms with Gasteiger partial charge in [0, 0.05) is 20.1 Å². The highest BCUT2D eigenvalue weighted by Crippen LogP contribution is 2.20. The number of hydrogen-bond donors (Lipinski definition) is 1. The highest BCUT2D eigenvalue weighted by molar-refractivity contribution is 4.70. The number of aliphatic hydroxyl groups is 1. The highest BCUT2D eigenvalue weighted by Gasteiger charge is 2.25. The summed E-state index contributed by atoms with van der Waals surface area (Å²) in [7, 11) is 3.21. The zero-order chi connectivity index (χ0) is 10.3. The molecule has 0 spiro atoms. The molecule has 0 amide bonds. The lowest BCUT2D eigenvalue weighted by molar-refractivity contribution is -0.162. The molecule has 0 aromatic carbocycles. The standard InChI is InChI=1S/C10H22O3/c1-5-7-9(11)8(6-2)10(12-3)13-4/h8-11H,5-7H2,1-4H3. The van der Waals surface area contributed by atoms with E-state index in [9.17, 15) is 5.11 Å². The third-order valence-electron chi connectivity index (χ3n) is 2.36. The molecule has 0 aliphatic carbocycles. The van der Waals surface area contributed by atoms with Crippen molar-refractivity contribution in [2.45, 2.75) is 45.5 Å². The van der Waals surface area contributed by atoms with Gasteiger partial charge in [-0.1, -0.05) is 20.3 Å². The van der Waals surface area contributed by atoms with Crippen molar-refractivity contribution in [1.82, 2.24) is 0 Å². The normalized spacial score (nSPS) is 16.2. The Morgan fingerprint density at radius 2 is 1.69 bits per heavy atom. The van der Waals surface area contributed by atoms with E-state index in [1.54, 1.807) is 14.2 Å². The van der Waals surface area contributed by atoms with E-state index < -0.39 is 0 Å². The molecule has 0 aromatic rings. The summed E-state index contributed by atoms with van der Waals surface area (Å²) in [5.41, 5.74) is 0. The van der Waals surface area contributed by atoms with E-state index in [4.69, 9.17) is 9.47 Å². The van der Waals surface area contributed by atoms with Crippen molar-refractivity contribution < 1.29 is 14.6 Å². The predicted octanol–water partition coefficient (Wildman–Crippen LogP) is 1.79. The predicted molar refractivity (Wildman–Crippen MR) is 52.5 cm³/mol. The van der Waals surface area contributed by atoms with Crippen molar-refractivity contribution in [3.8, 4) is 0 Å². The molecule has 0 radical (unpaired) electrons. The van der Waals surface area contributed by atoms with Gasteiger partial charge in [0.05, 0.1) is 6.10 Å². The zero-order valence-corrected chi connectivity index (χ0v) is 9.12. The second-order valence-electron chi connectivity index (χ2n) is 3.27. The average molecular weight is 190 g/mol. The van der Waals surface area contributed by atoms with Crippen LogP contribution in [0.1, 0.15) is 33.1 Å². The lowest BCUT2D eigenvalue weighted by Gasteiger charge is -2.27. The van der Waals surface area contributed by atoms with Crippen LogP contribution in [-0.2, 0) is 9.47 Å². The van der Waals surface area contributed by atoms with Crippen LogP contribution in [0.2, 0.25) is 0 Å². The third kappa shape index (κ3) is 4.07. The Bertz CT molecular complexity index is 113. The minimum Gasteiger partial charge on any atom is -0.393 e. The molecule has 0 saturated carbocycles. The van der Waals surface area contributed by atoms with Crippen LogP contribution in [0.15, 0.2) is 0 Å². The van der Waals surface area contributed by atoms with Gasteiger partial charge in [-0.2, -0.15) is 0 Å². The van der Waals surface area contributed by atoms with Crippen LogP contribution in [0.3, 0.4) is 0 Å². The Kier molecular flexibility index (Phi) is 7.23. The van der Waals surface area contributed by atoms with Gasteiger partial charge in [-0.15, -0.1) is 0 Å². The Balaban J connectivity index is 4.11. The smallest absolute Gasteiger partial charge is 0.162 e. The van der Waals surface area contributed by atoms with E-state index in [0.29, 0.717) is 0 Å². The first-order chi connectivity index (χ1) is 6.21. The molecule has 3 nitrogen and oxygen atoms in total. The molecule has 3 heteroatoms. The second kappa shape index (κ2) is 7.30. The van der Waals surface area contributed by atoms with Gasteiger partial charge in [0.1, 0.15) is 0 Å². The maximum Gasteiger partial charge on any atom is 0.162 e. The van der Waals surface area contributed by atoms with Crippen LogP contribution in [0.25, 0.3) is 0 Å². The van der Waals surface area contributed by atoms with E-state index in [2.05, 4.69) is 6.92 Å². The van der Waals surface area contributed by atoms with E-state index in [1.165, 1.54) is 0 Å². The topological polar surface area (TPSA) is 38.7 Å². The summed E-state index contributed by atoms with van der Waals surface area (Å²) in [6.45, 7) is 4.10. The van der Waals surface area contributed by atoms with Crippen LogP contribution < -0.4 is 0 Å². The van der Waals surface area contributed by atoms with Crippen molar-refractivity contribution in [2.75, 3.05) is 14.2 Å². The zero-order valence-electron chi connectivity index (χ0n) is 9.12. The van der Waals surface area contributed by atoms with Gasteiger partial charge in [-0.3, -0.25) is 0 Å². The SMILES string of the molecule is CCCC(O)C(CC)C(OC)OC. The van der Waals surface area contributed by atoms with E-state index in [1.807, 2.05) is 6.92 Å². The van der Waals surface area contributed by atoms with E-state index >= 15 is 0 Å². The lowest BCUT2D eigenvalue weighted by atomic mass is 9.95. The second-order valence-corrected chi connectivity index (χ2v) is 3.27. The average Bonchev–Trinajstić information content (AvgIpc) is 2.14. The molecule has 0 rings (SSSR count). The number of rotatable bonds is 7. The molecule has 0 bridgehead atoms. The largest absolute Gasteiger partial charge is 0.393 e. The van der Waals surface area contributed by atoms with Gasteiger partial charge in [0.15, 0.2) is 6.29 Å². The van der Waals surface area contributed by atoms with Gasteiger partial charge in [-0.25, -0.2) is 0 Å². The number of hydrogen-bond acceptors (Lipinski definition) is 3. The minimum absolute atomic E-state index is 0.0787. The van der Waals surface area contributed by atoms with E-state index in [-0.39, 0.29) is 18.3 Å². The third-order valence-corrected chi connectivity index (χ3v) is 2.36. The van der Waals surface area contributed by atoms with Crippen LogP contribution >= 0.6 is 0 Å². The van der Waals surface area contributed by atoms with Gasteiger partial charge in [-0.05, 0) is 12.8 Å². The summed E-state index contributed by atoms with van der Waals surface area (Å²) >= 11 is 0. The maximum absolute atomic E-state index is 9.78. The summed E-state index contributed by atoms with van der Waals surface area (Å²) in [6.07, 6.45) is 2.05. The van der Waals surface area contributed by atoms with E-state index in [0.717, 1.165) is 19.3 Å². The van der Waals surface area contributed by atoms with Crippen LogP contribution in [-0.4, -0.2) is 31.7 Å². The fourth-order valence-electron chi connectivity index (χ4n) is 1.60. The quantitative estimate of drug-likeness (QED) is 0.622. The molecule has 2 atom stereocenters. The van der Waals surface area contributed by atoms with Gasteiger partial charge < -0.3 is 14.6 Å². The molecule has 0 fully saturated rings. The summed E-state index contributed by atoms with van der Waals surface area (Å²) in [5, 5.41) is 9.78. The number of methoxy groups -OCH3 is 2. The molecular weight excluding hydrogens is 168 g/mol. The molecular formula is C10H22O3. The first kappa shape index (κ1) is 12.9. The summed E-state index contributed by atoms with van der Waals surface area (Å²) in [6, 6.07) is 0. The van der Waals surface area contributed by atoms with Crippen molar-refractivity contribution >= 4 is 0 Å². The first-order valence-electron chi connectivity index (χ1n) is 4.94. The number of ether oxygens (including phenoxy) is 2. The molecule has 80 valence electrons. The van der Waals surface area contributed by atoms with Crippen LogP contribution in [0.4, 0.5) is 0 Å². The fraction of sp³-hybridized carbons (Fsp3) is 1.00. The molecule has 0 aromatic heterocycles. The van der Waals surface area contributed by atoms with Crippen LogP contribution in [0.5, 0.6) is 0 Å². The molecule has 0 aliphatic heterocycles. The monoisotopic (exact) mass is 190 g/mol. The fourth-order valence-corrected chi connectivity index (χ4v) is 1.60. The Morgan fingerprint density at radius 3 is 2.00 bits per heavy atom. The first-order valence-corrected chi connectivity index (χ1v) is 4.94. The van der Waals surface area contributed by atoms with Crippen molar-refractivity contribution in [2.24, 2.45) is 5.92 Å². The molecule has 2 unspecified atom stereocenters. The van der Waals surface area contributed by atoms with Crippen molar-refractivity contribution in [3.05, 3.63) is 0 Å². The van der Waals surface area contributed by atoms with Crippen LogP contribution in [0, 0.1) is 5.92 Å². The summed E-state index contributed by atoms with van der Waals surface area (Å²) in [5.74, 6) is 0.0787.